The Morgan fingerprint density at radius 3 is 1.21 bits per heavy atom. The highest BCUT2D eigenvalue weighted by Gasteiger charge is 2.38. The lowest BCUT2D eigenvalue weighted by atomic mass is 10.0. The number of amides is 13. The number of phenolic OH excluding ortho intramolecular Hbond substituents is 1. The Kier molecular flexibility index (Phi) is 39.8. The van der Waals surface area contributed by atoms with Gasteiger partial charge in [0.05, 0.1) is 31.7 Å². The molecule has 1 aromatic carbocycles. The van der Waals surface area contributed by atoms with E-state index in [0.29, 0.717) is 0 Å². The topological polar surface area (TPSA) is 729 Å². The van der Waals surface area contributed by atoms with Crippen LogP contribution in [0.15, 0.2) is 29.3 Å². The number of aromatic hydroxyl groups is 1. The number of nitrogens with zero attached hydrogens (tertiary/aromatic N) is 1. The molecule has 568 valence electrons. The van der Waals surface area contributed by atoms with Crippen molar-refractivity contribution < 1.29 is 117 Å². The molecule has 12 atom stereocenters. The molecule has 1 aromatic rings. The van der Waals surface area contributed by atoms with Gasteiger partial charge in [-0.3, -0.25) is 86.5 Å². The number of thiol groups is 1. The number of nitrogens with two attached hydrogens (primary N) is 6. The van der Waals surface area contributed by atoms with Crippen molar-refractivity contribution in [2.75, 3.05) is 18.8 Å². The van der Waals surface area contributed by atoms with Crippen molar-refractivity contribution in [1.82, 2.24) is 58.5 Å². The zero-order chi connectivity index (χ0) is 77.7. The van der Waals surface area contributed by atoms with Gasteiger partial charge in [0.15, 0.2) is 5.96 Å². The van der Waals surface area contributed by atoms with Gasteiger partial charge in [-0.2, -0.15) is 12.6 Å². The summed E-state index contributed by atoms with van der Waals surface area (Å²) < 4.78 is 0. The number of rotatable bonds is 50. The van der Waals surface area contributed by atoms with Crippen molar-refractivity contribution in [2.24, 2.45) is 45.3 Å². The molecule has 0 heterocycles. The Hall–Kier alpha value is -11.0. The molecule has 29 N–H and O–H groups in total. The Balaban J connectivity index is 3.70. The quantitative estimate of drug-likeness (QED) is 0.0125. The minimum atomic E-state index is -2.16. The summed E-state index contributed by atoms with van der Waals surface area (Å²) in [6.45, 7) is 4.45. The molecule has 42 nitrogen and oxygen atoms in total. The molecule has 43 heteroatoms. The number of phenols is 1. The van der Waals surface area contributed by atoms with Crippen molar-refractivity contribution in [3.8, 4) is 5.75 Å². The van der Waals surface area contributed by atoms with Gasteiger partial charge in [-0.1, -0.05) is 26.0 Å². The molecule has 0 aliphatic rings. The summed E-state index contributed by atoms with van der Waals surface area (Å²) in [4.78, 5) is 239. The first-order chi connectivity index (χ1) is 47.7. The first-order valence-corrected chi connectivity index (χ1v) is 32.2. The number of carbonyl (C=O) groups excluding carboxylic acids is 13. The number of carbonyl (C=O) groups is 18. The van der Waals surface area contributed by atoms with Crippen LogP contribution < -0.4 is 92.9 Å². The van der Waals surface area contributed by atoms with Gasteiger partial charge in [-0.15, -0.1) is 0 Å². The van der Waals surface area contributed by atoms with E-state index >= 15 is 0 Å². The molecule has 0 saturated heterocycles. The van der Waals surface area contributed by atoms with E-state index in [-0.39, 0.29) is 74.8 Å². The van der Waals surface area contributed by atoms with Gasteiger partial charge in [0.25, 0.3) is 0 Å². The van der Waals surface area contributed by atoms with Crippen molar-refractivity contribution in [3.63, 3.8) is 0 Å². The predicted octanol–water partition coefficient (Wildman–Crippen LogP) is -8.71. The highest BCUT2D eigenvalue weighted by atomic mass is 32.1. The third kappa shape index (κ3) is 35.7. The number of aliphatic carboxylic acids is 5. The van der Waals surface area contributed by atoms with Crippen LogP contribution in [-0.4, -0.2) is 235 Å². The number of carboxylic acid groups (broad SMARTS) is 5. The zero-order valence-electron chi connectivity index (χ0n) is 55.9. The number of primary amides is 2. The second-order valence-electron chi connectivity index (χ2n) is 23.6. The van der Waals surface area contributed by atoms with E-state index in [0.717, 1.165) is 0 Å². The highest BCUT2D eigenvalue weighted by Crippen LogP contribution is 2.15. The average molecular weight is 1470 g/mol. The molecule has 0 saturated carbocycles. The predicted molar refractivity (Wildman–Crippen MR) is 356 cm³/mol. The summed E-state index contributed by atoms with van der Waals surface area (Å²) in [5.41, 5.74) is 32.5. The monoisotopic (exact) mass is 1470 g/mol. The first kappa shape index (κ1) is 89.0. The highest BCUT2D eigenvalue weighted by molar-refractivity contribution is 7.80. The Morgan fingerprint density at radius 1 is 0.422 bits per heavy atom. The third-order valence-corrected chi connectivity index (χ3v) is 14.8. The Morgan fingerprint density at radius 2 is 0.794 bits per heavy atom. The van der Waals surface area contributed by atoms with Crippen LogP contribution in [0.2, 0.25) is 0 Å². The summed E-state index contributed by atoms with van der Waals surface area (Å²) in [5, 5.41) is 83.2. The molecule has 0 unspecified atom stereocenters. The van der Waals surface area contributed by atoms with E-state index in [9.17, 15) is 117 Å². The molecule has 1 rings (SSSR count). The maximum Gasteiger partial charge on any atom is 0.326 e. The van der Waals surface area contributed by atoms with Crippen LogP contribution >= 0.6 is 12.6 Å². The first-order valence-electron chi connectivity index (χ1n) is 31.6. The van der Waals surface area contributed by atoms with E-state index in [1.165, 1.54) is 31.2 Å². The molecule has 0 aliphatic heterocycles. The van der Waals surface area contributed by atoms with Crippen molar-refractivity contribution >= 4 is 125 Å². The molecule has 0 bridgehead atoms. The second-order valence-corrected chi connectivity index (χ2v) is 24.0. The lowest BCUT2D eigenvalue weighted by molar-refractivity contribution is -0.143. The lowest BCUT2D eigenvalue weighted by Gasteiger charge is -2.28. The van der Waals surface area contributed by atoms with E-state index in [1.54, 1.807) is 13.8 Å². The maximum absolute atomic E-state index is 14.4. The minimum absolute atomic E-state index is 0.0356. The van der Waals surface area contributed by atoms with Crippen molar-refractivity contribution in [2.45, 2.75) is 190 Å². The number of guanidine groups is 1. The number of hydrogen-bond acceptors (Lipinski definition) is 23. The number of aliphatic imine (C=N–C) groups is 1. The zero-order valence-corrected chi connectivity index (χ0v) is 56.8. The molecule has 0 fully saturated rings. The fraction of sp³-hybridized carbons (Fsp3) is 0.576. The van der Waals surface area contributed by atoms with Crippen LogP contribution in [0, 0.1) is 5.92 Å². The van der Waals surface area contributed by atoms with Crippen molar-refractivity contribution in [1.29, 1.82) is 0 Å². The van der Waals surface area contributed by atoms with E-state index < -0.39 is 243 Å². The number of nitrogens with one attached hydrogen (secondary N) is 11. The van der Waals surface area contributed by atoms with E-state index in [1.807, 2.05) is 0 Å². The molecule has 0 aliphatic carbocycles. The molecular weight excluding hydrogens is 1380 g/mol. The van der Waals surface area contributed by atoms with Gasteiger partial charge in [-0.05, 0) is 88.4 Å². The van der Waals surface area contributed by atoms with Crippen LogP contribution in [0.25, 0.3) is 0 Å². The smallest absolute Gasteiger partial charge is 0.326 e. The summed E-state index contributed by atoms with van der Waals surface area (Å²) in [7, 11) is 0. The average Bonchev–Trinajstić information content (AvgIpc) is 0.856. The fourth-order valence-electron chi connectivity index (χ4n) is 9.19. The van der Waals surface area contributed by atoms with E-state index in [4.69, 9.17) is 34.4 Å². The second kappa shape index (κ2) is 45.6. The van der Waals surface area contributed by atoms with Crippen LogP contribution in [0.3, 0.4) is 0 Å². The van der Waals surface area contributed by atoms with Crippen molar-refractivity contribution in [3.05, 3.63) is 29.8 Å². The van der Waals surface area contributed by atoms with Gasteiger partial charge < -0.3 is 124 Å². The molecular formula is C59H92N18O24S. The van der Waals surface area contributed by atoms with Gasteiger partial charge in [0, 0.05) is 31.6 Å². The molecule has 0 spiro atoms. The molecule has 102 heavy (non-hydrogen) atoms. The summed E-state index contributed by atoms with van der Waals surface area (Å²) in [6.07, 6.45) is -8.24. The van der Waals surface area contributed by atoms with Crippen LogP contribution in [0.5, 0.6) is 5.75 Å². The fourth-order valence-corrected chi connectivity index (χ4v) is 9.45. The SMILES string of the molecule is CC(C)C[C@H](NC(=O)[C@H](C)NC(=O)[C@@H](N)CC(N)=O)C(=O)N[C@@H](CC(=O)O)C(=O)N[C@@H](CCC(=O)O)C(=O)N[C@@H](Cc1ccc(O)cc1)C(=O)N[C@@H](CS)C(=O)N[C@@H](CCC(=O)O)C(=O)N[C@@H](CC(=O)O)C(=O)N[C@@H](CCCCN)C(=O)N[C@@H](CC(N)=O)C(=O)N[C@@H](CCCN=C(N)N)C(=O)O. The summed E-state index contributed by atoms with van der Waals surface area (Å²) >= 11 is 4.14. The number of hydrogen-bond donors (Lipinski definition) is 24. The number of carboxylic acids is 5. The van der Waals surface area contributed by atoms with E-state index in [2.05, 4.69) is 76.1 Å². The molecule has 13 amide bonds. The number of benzene rings is 1. The van der Waals surface area contributed by atoms with Crippen LogP contribution in [0.1, 0.15) is 116 Å². The molecule has 0 radical (unpaired) electrons. The minimum Gasteiger partial charge on any atom is -0.508 e. The van der Waals surface area contributed by atoms with Gasteiger partial charge in [0.2, 0.25) is 76.8 Å². The Bertz CT molecular complexity index is 3190. The third-order valence-electron chi connectivity index (χ3n) is 14.4. The largest absolute Gasteiger partial charge is 0.508 e. The number of unbranched alkanes of at least 4 members (excludes halogenated alkanes) is 1. The summed E-state index contributed by atoms with van der Waals surface area (Å²) in [5.74, 6) is -25.5. The van der Waals surface area contributed by atoms with Gasteiger partial charge in [0.1, 0.15) is 72.2 Å². The maximum atomic E-state index is 14.4. The normalized spacial score (nSPS) is 14.4. The van der Waals surface area contributed by atoms with Gasteiger partial charge >= 0.3 is 29.8 Å². The standard InChI is InChI=1S/C59H92N18O24S/c1-26(2)19-35(72-47(89)27(3)67-48(90)30(61)21-41(62)79)52(94)76-39(24-46(87)88)56(98)69-32(13-15-43(81)82)50(92)73-36(20-28-9-11-29(78)12-10-28)53(95)77-40(25-102)57(99)70-33(14-16-44(83)84)51(93)75-38(23-45(85)86)55(97)68-31(7-4-5-17-60)49(91)74-37(22-42(63)80)54(96)71-34(58(100)101)8-6-18-66-59(64)65/h9-12,26-27,30-40,78,102H,4-8,13-25,60-61H2,1-3H3,(H2,62,79)(H2,63,80)(H,67,90)(H,68,97)(H,69,98)(H,70,99)(H,71,96)(H,72,89)(H,73,92)(H,74,91)(H,75,93)(H,76,94)(H,77,95)(H,81,82)(H,83,84)(H,85,86)(H,87,88)(H,100,101)(H4,64,65,66)/t27-,30-,31-,32-,33-,34-,35-,36-,37-,38-,39-,40-/m0/s1. The van der Waals surface area contributed by atoms with Gasteiger partial charge in [-0.25, -0.2) is 4.79 Å². The van der Waals surface area contributed by atoms with Crippen LogP contribution in [0.4, 0.5) is 0 Å². The Labute approximate surface area is 588 Å². The molecule has 0 aromatic heterocycles. The van der Waals surface area contributed by atoms with Crippen LogP contribution in [-0.2, 0) is 92.7 Å². The lowest BCUT2D eigenvalue weighted by Crippen LogP contribution is -2.61. The summed E-state index contributed by atoms with van der Waals surface area (Å²) in [6, 6.07) is -16.7.